The molecule has 3 aromatic rings. The van der Waals surface area contributed by atoms with Crippen molar-refractivity contribution in [2.24, 2.45) is 0 Å². The van der Waals surface area contributed by atoms with Gasteiger partial charge in [-0.25, -0.2) is 4.39 Å². The fourth-order valence-corrected chi connectivity index (χ4v) is 3.76. The molecule has 1 N–H and O–H groups in total. The lowest BCUT2D eigenvalue weighted by Gasteiger charge is -2.19. The number of ether oxygens (including phenoxy) is 1. The zero-order chi connectivity index (χ0) is 21.1. The second-order valence-corrected chi connectivity index (χ2v) is 7.34. The van der Waals surface area contributed by atoms with Gasteiger partial charge in [0.05, 0.1) is 23.7 Å². The molecule has 0 bridgehead atoms. The van der Waals surface area contributed by atoms with Crippen LogP contribution in [-0.2, 0) is 11.3 Å². The maximum Gasteiger partial charge on any atom is 0.262 e. The van der Waals surface area contributed by atoms with E-state index in [1.807, 2.05) is 29.8 Å². The summed E-state index contributed by atoms with van der Waals surface area (Å²) in [6, 6.07) is 12.0. The van der Waals surface area contributed by atoms with Crippen molar-refractivity contribution in [1.82, 2.24) is 9.78 Å². The lowest BCUT2D eigenvalue weighted by atomic mass is 9.98. The number of alkyl halides is 1. The van der Waals surface area contributed by atoms with Gasteiger partial charge in [0.15, 0.2) is 6.61 Å². The predicted octanol–water partition coefficient (Wildman–Crippen LogP) is 5.14. The molecule has 0 saturated heterocycles. The van der Waals surface area contributed by atoms with Gasteiger partial charge in [0.1, 0.15) is 11.6 Å². The van der Waals surface area contributed by atoms with Crippen LogP contribution >= 0.6 is 0 Å². The van der Waals surface area contributed by atoms with E-state index in [4.69, 9.17) is 9.84 Å². The normalized spacial score (nSPS) is 13.0. The number of carbonyl (C=O) groups is 1. The van der Waals surface area contributed by atoms with E-state index in [9.17, 15) is 13.6 Å². The van der Waals surface area contributed by atoms with E-state index < -0.39 is 0 Å². The van der Waals surface area contributed by atoms with Crippen LogP contribution in [0.25, 0.3) is 22.4 Å². The molecule has 1 aliphatic rings. The molecular formula is C23H23F2N3O2. The molecule has 7 heteroatoms. The fourth-order valence-electron chi connectivity index (χ4n) is 3.76. The number of fused-ring (bicyclic) bond motifs is 1. The van der Waals surface area contributed by atoms with Crippen LogP contribution in [0.2, 0.25) is 0 Å². The molecular weight excluding hydrogens is 388 g/mol. The van der Waals surface area contributed by atoms with Gasteiger partial charge in [-0.3, -0.25) is 13.9 Å². The van der Waals surface area contributed by atoms with Gasteiger partial charge < -0.3 is 10.1 Å². The fraction of sp³-hybridized carbons (Fsp3) is 0.304. The van der Waals surface area contributed by atoms with E-state index in [2.05, 4.69) is 5.32 Å². The highest BCUT2D eigenvalue weighted by Gasteiger charge is 2.22. The van der Waals surface area contributed by atoms with Crippen molar-refractivity contribution in [3.8, 4) is 28.1 Å². The van der Waals surface area contributed by atoms with Crippen LogP contribution in [0, 0.1) is 12.7 Å². The van der Waals surface area contributed by atoms with Crippen molar-refractivity contribution in [2.45, 2.75) is 32.7 Å². The maximum absolute atomic E-state index is 13.5. The van der Waals surface area contributed by atoms with Crippen molar-refractivity contribution in [1.29, 1.82) is 0 Å². The van der Waals surface area contributed by atoms with Crippen molar-refractivity contribution in [3.63, 3.8) is 0 Å². The number of anilines is 1. The first-order valence-corrected chi connectivity index (χ1v) is 10.0. The molecule has 0 atom stereocenters. The van der Waals surface area contributed by atoms with E-state index in [0.717, 1.165) is 40.9 Å². The Balaban J connectivity index is 1.79. The first-order chi connectivity index (χ1) is 14.6. The molecule has 156 valence electrons. The van der Waals surface area contributed by atoms with Gasteiger partial charge in [-0.1, -0.05) is 6.07 Å². The lowest BCUT2D eigenvalue weighted by Crippen LogP contribution is -2.25. The number of nitrogens with zero attached hydrogens (tertiary/aromatic N) is 2. The van der Waals surface area contributed by atoms with Crippen LogP contribution in [0.15, 0.2) is 42.5 Å². The number of hydrogen-bond donors (Lipinski definition) is 1. The minimum absolute atomic E-state index is 0.00299. The summed E-state index contributed by atoms with van der Waals surface area (Å²) in [5, 5.41) is 7.56. The summed E-state index contributed by atoms with van der Waals surface area (Å²) in [6.45, 7) is 2.24. The average Bonchev–Trinajstić information content (AvgIpc) is 3.07. The molecule has 0 radical (unpaired) electrons. The van der Waals surface area contributed by atoms with Gasteiger partial charge in [0.25, 0.3) is 5.91 Å². The highest BCUT2D eigenvalue weighted by molar-refractivity contribution is 5.97. The van der Waals surface area contributed by atoms with Gasteiger partial charge in [-0.05, 0) is 68.1 Å². The number of carbonyl (C=O) groups excluding carboxylic acids is 1. The SMILES string of the molecule is Cc1nn(CCCCCF)c(-c2ccc(F)cc2)c1-c1ccc2c(c1)NC(=O)CO2. The monoisotopic (exact) mass is 411 g/mol. The number of benzene rings is 2. The Morgan fingerprint density at radius 3 is 2.63 bits per heavy atom. The van der Waals surface area contributed by atoms with Crippen LogP contribution < -0.4 is 10.1 Å². The van der Waals surface area contributed by atoms with Gasteiger partial charge in [0.2, 0.25) is 0 Å². The van der Waals surface area contributed by atoms with Crippen LogP contribution in [0.1, 0.15) is 25.0 Å². The molecule has 1 aromatic heterocycles. The second kappa shape index (κ2) is 8.65. The number of hydrogen-bond acceptors (Lipinski definition) is 3. The number of nitrogens with one attached hydrogen (secondary N) is 1. The van der Waals surface area contributed by atoms with Crippen molar-refractivity contribution < 1.29 is 18.3 Å². The van der Waals surface area contributed by atoms with E-state index in [1.165, 1.54) is 12.1 Å². The third-order valence-electron chi connectivity index (χ3n) is 5.15. The quantitative estimate of drug-likeness (QED) is 0.548. The number of unbranched alkanes of at least 4 members (excludes halogenated alkanes) is 2. The first-order valence-electron chi connectivity index (χ1n) is 10.0. The summed E-state index contributed by atoms with van der Waals surface area (Å²) < 4.78 is 33.4. The first kappa shape index (κ1) is 20.1. The molecule has 5 nitrogen and oxygen atoms in total. The molecule has 0 saturated carbocycles. The Labute approximate surface area is 173 Å². The van der Waals surface area contributed by atoms with Crippen molar-refractivity contribution >= 4 is 11.6 Å². The van der Waals surface area contributed by atoms with Crippen LogP contribution in [0.3, 0.4) is 0 Å². The van der Waals surface area contributed by atoms with Gasteiger partial charge in [-0.2, -0.15) is 5.10 Å². The number of halogens is 2. The zero-order valence-electron chi connectivity index (χ0n) is 16.8. The minimum Gasteiger partial charge on any atom is -0.482 e. The average molecular weight is 411 g/mol. The number of aromatic nitrogens is 2. The number of amides is 1. The highest BCUT2D eigenvalue weighted by Crippen LogP contribution is 2.39. The smallest absolute Gasteiger partial charge is 0.262 e. The summed E-state index contributed by atoms with van der Waals surface area (Å²) in [7, 11) is 0. The molecule has 0 aliphatic carbocycles. The van der Waals surface area contributed by atoms with Crippen LogP contribution in [-0.4, -0.2) is 29.0 Å². The highest BCUT2D eigenvalue weighted by atomic mass is 19.1. The largest absolute Gasteiger partial charge is 0.482 e. The second-order valence-electron chi connectivity index (χ2n) is 7.34. The topological polar surface area (TPSA) is 56.2 Å². The van der Waals surface area contributed by atoms with Crippen LogP contribution in [0.5, 0.6) is 5.75 Å². The zero-order valence-corrected chi connectivity index (χ0v) is 16.8. The molecule has 0 spiro atoms. The molecule has 1 aliphatic heterocycles. The Morgan fingerprint density at radius 1 is 1.10 bits per heavy atom. The van der Waals surface area contributed by atoms with Gasteiger partial charge >= 0.3 is 0 Å². The molecule has 2 heterocycles. The molecule has 0 unspecified atom stereocenters. The van der Waals surface area contributed by atoms with Crippen LogP contribution in [0.4, 0.5) is 14.5 Å². The number of rotatable bonds is 7. The molecule has 1 amide bonds. The Kier molecular flexibility index (Phi) is 5.79. The third kappa shape index (κ3) is 4.06. The summed E-state index contributed by atoms with van der Waals surface area (Å²) in [6.07, 6.45) is 2.10. The summed E-state index contributed by atoms with van der Waals surface area (Å²) in [5.41, 5.74) is 4.94. The Bertz CT molecular complexity index is 1060. The van der Waals surface area contributed by atoms with E-state index in [-0.39, 0.29) is 25.0 Å². The van der Waals surface area contributed by atoms with Gasteiger partial charge in [-0.15, -0.1) is 0 Å². The molecule has 4 rings (SSSR count). The van der Waals surface area contributed by atoms with E-state index in [0.29, 0.717) is 24.4 Å². The van der Waals surface area contributed by atoms with E-state index in [1.54, 1.807) is 12.1 Å². The summed E-state index contributed by atoms with van der Waals surface area (Å²) in [5.74, 6) is 0.122. The third-order valence-corrected chi connectivity index (χ3v) is 5.15. The molecule has 30 heavy (non-hydrogen) atoms. The Morgan fingerprint density at radius 2 is 1.87 bits per heavy atom. The summed E-state index contributed by atoms with van der Waals surface area (Å²) in [4.78, 5) is 11.7. The molecule has 2 aromatic carbocycles. The standard InChI is InChI=1S/C23H23F2N3O2/c1-15-22(17-7-10-20-19(13-17)26-21(29)14-30-20)23(16-5-8-18(25)9-6-16)28(27-15)12-4-2-3-11-24/h5-10,13H,2-4,11-12,14H2,1H3,(H,26,29). The van der Waals surface area contributed by atoms with Gasteiger partial charge in [0, 0.05) is 17.7 Å². The van der Waals surface area contributed by atoms with E-state index >= 15 is 0 Å². The lowest BCUT2D eigenvalue weighted by molar-refractivity contribution is -0.118. The minimum atomic E-state index is -0.322. The van der Waals surface area contributed by atoms with Crippen molar-refractivity contribution in [2.75, 3.05) is 18.6 Å². The predicted molar refractivity (Wildman–Crippen MR) is 112 cm³/mol. The summed E-state index contributed by atoms with van der Waals surface area (Å²) >= 11 is 0. The number of aryl methyl sites for hydroxylation is 2. The molecule has 0 fully saturated rings. The maximum atomic E-state index is 13.5. The van der Waals surface area contributed by atoms with Crippen molar-refractivity contribution in [3.05, 3.63) is 54.0 Å². The Hall–Kier alpha value is -3.22.